The van der Waals surface area contributed by atoms with Gasteiger partial charge in [0, 0.05) is 31.7 Å². The lowest BCUT2D eigenvalue weighted by atomic mass is 10.00. The van der Waals surface area contributed by atoms with E-state index < -0.39 is 0 Å². The van der Waals surface area contributed by atoms with Crippen molar-refractivity contribution in [3.8, 4) is 0 Å². The third-order valence-electron chi connectivity index (χ3n) is 5.09. The summed E-state index contributed by atoms with van der Waals surface area (Å²) in [7, 11) is 0. The molecule has 1 aromatic rings. The van der Waals surface area contributed by atoms with Crippen molar-refractivity contribution in [2.45, 2.75) is 51.7 Å². The molecule has 1 saturated carbocycles. The monoisotopic (exact) mass is 258 g/mol. The van der Waals surface area contributed by atoms with Gasteiger partial charge in [0.05, 0.1) is 0 Å². The van der Waals surface area contributed by atoms with Crippen LogP contribution in [0.2, 0.25) is 0 Å². The quantitative estimate of drug-likeness (QED) is 0.873. The fourth-order valence-electron chi connectivity index (χ4n) is 3.14. The lowest BCUT2D eigenvalue weighted by Crippen LogP contribution is -2.42. The standard InChI is InChI=1S/C17H26N2/c1-14(17(2)9-10-17)18-16-8-11-19(13-16)12-15-6-4-3-5-7-15/h3-7,14,16,18H,8-13H2,1-2H3. The molecule has 1 aliphatic carbocycles. The molecule has 2 heteroatoms. The molecule has 0 bridgehead atoms. The van der Waals surface area contributed by atoms with E-state index in [4.69, 9.17) is 0 Å². The Morgan fingerprint density at radius 2 is 2.05 bits per heavy atom. The van der Waals surface area contributed by atoms with Crippen LogP contribution in [0.25, 0.3) is 0 Å². The first-order chi connectivity index (χ1) is 9.16. The molecular weight excluding hydrogens is 232 g/mol. The summed E-state index contributed by atoms with van der Waals surface area (Å²) in [6.07, 6.45) is 4.11. The Morgan fingerprint density at radius 3 is 2.74 bits per heavy atom. The first-order valence-electron chi connectivity index (χ1n) is 7.68. The summed E-state index contributed by atoms with van der Waals surface area (Å²) in [5.74, 6) is 0. The Kier molecular flexibility index (Phi) is 3.64. The highest BCUT2D eigenvalue weighted by Crippen LogP contribution is 2.48. The van der Waals surface area contributed by atoms with Gasteiger partial charge in [-0.2, -0.15) is 0 Å². The second kappa shape index (κ2) is 5.26. The summed E-state index contributed by atoms with van der Waals surface area (Å²) in [6.45, 7) is 8.32. The fraction of sp³-hybridized carbons (Fsp3) is 0.647. The molecule has 1 heterocycles. The van der Waals surface area contributed by atoms with Crippen molar-refractivity contribution in [1.29, 1.82) is 0 Å². The number of nitrogens with one attached hydrogen (secondary N) is 1. The van der Waals surface area contributed by atoms with Gasteiger partial charge in [-0.25, -0.2) is 0 Å². The molecule has 2 atom stereocenters. The Bertz CT molecular complexity index is 411. The molecule has 1 saturated heterocycles. The van der Waals surface area contributed by atoms with Crippen LogP contribution in [0.4, 0.5) is 0 Å². The summed E-state index contributed by atoms with van der Waals surface area (Å²) in [5, 5.41) is 3.86. The predicted octanol–water partition coefficient (Wildman–Crippen LogP) is 3.04. The van der Waals surface area contributed by atoms with Gasteiger partial charge in [0.25, 0.3) is 0 Å². The first-order valence-corrected chi connectivity index (χ1v) is 7.68. The van der Waals surface area contributed by atoms with Crippen molar-refractivity contribution < 1.29 is 0 Å². The van der Waals surface area contributed by atoms with Gasteiger partial charge in [0.2, 0.25) is 0 Å². The van der Waals surface area contributed by atoms with E-state index in [1.54, 1.807) is 0 Å². The highest BCUT2D eigenvalue weighted by molar-refractivity contribution is 5.14. The Morgan fingerprint density at radius 1 is 1.32 bits per heavy atom. The minimum atomic E-state index is 0.590. The molecule has 2 aliphatic rings. The molecule has 1 N–H and O–H groups in total. The van der Waals surface area contributed by atoms with Crippen LogP contribution < -0.4 is 5.32 Å². The van der Waals surface area contributed by atoms with Crippen molar-refractivity contribution in [2.24, 2.45) is 5.41 Å². The third kappa shape index (κ3) is 3.18. The fourth-order valence-corrected chi connectivity index (χ4v) is 3.14. The normalized spacial score (nSPS) is 27.4. The Hall–Kier alpha value is -0.860. The summed E-state index contributed by atoms with van der Waals surface area (Å²) in [6, 6.07) is 12.2. The van der Waals surface area contributed by atoms with E-state index in [2.05, 4.69) is 54.4 Å². The maximum absolute atomic E-state index is 3.86. The zero-order valence-electron chi connectivity index (χ0n) is 12.2. The zero-order valence-corrected chi connectivity index (χ0v) is 12.2. The molecular formula is C17H26N2. The van der Waals surface area contributed by atoms with Gasteiger partial charge in [0.15, 0.2) is 0 Å². The highest BCUT2D eigenvalue weighted by atomic mass is 15.2. The minimum absolute atomic E-state index is 0.590. The maximum Gasteiger partial charge on any atom is 0.0234 e. The largest absolute Gasteiger partial charge is 0.310 e. The summed E-state index contributed by atoms with van der Waals surface area (Å²) >= 11 is 0. The van der Waals surface area contributed by atoms with Crippen LogP contribution in [0.15, 0.2) is 30.3 Å². The van der Waals surface area contributed by atoms with E-state index in [0.717, 1.165) is 6.54 Å². The molecule has 0 radical (unpaired) electrons. The molecule has 104 valence electrons. The van der Waals surface area contributed by atoms with Crippen molar-refractivity contribution in [3.63, 3.8) is 0 Å². The summed E-state index contributed by atoms with van der Waals surface area (Å²) in [5.41, 5.74) is 2.03. The molecule has 0 aromatic heterocycles. The van der Waals surface area contributed by atoms with E-state index in [0.29, 0.717) is 17.5 Å². The number of hydrogen-bond donors (Lipinski definition) is 1. The van der Waals surface area contributed by atoms with Gasteiger partial charge in [-0.3, -0.25) is 4.90 Å². The van der Waals surface area contributed by atoms with Crippen LogP contribution in [-0.4, -0.2) is 30.1 Å². The smallest absolute Gasteiger partial charge is 0.0234 e. The van der Waals surface area contributed by atoms with Gasteiger partial charge < -0.3 is 5.32 Å². The second-order valence-electron chi connectivity index (χ2n) is 6.75. The minimum Gasteiger partial charge on any atom is -0.310 e. The maximum atomic E-state index is 3.86. The van der Waals surface area contributed by atoms with Crippen molar-refractivity contribution in [2.75, 3.05) is 13.1 Å². The van der Waals surface area contributed by atoms with Gasteiger partial charge in [-0.15, -0.1) is 0 Å². The van der Waals surface area contributed by atoms with Crippen LogP contribution >= 0.6 is 0 Å². The molecule has 1 aliphatic heterocycles. The molecule has 3 rings (SSSR count). The lowest BCUT2D eigenvalue weighted by molar-refractivity contribution is 0.298. The van der Waals surface area contributed by atoms with E-state index >= 15 is 0 Å². The summed E-state index contributed by atoms with van der Waals surface area (Å²) in [4.78, 5) is 2.58. The average Bonchev–Trinajstić information content (AvgIpc) is 3.02. The van der Waals surface area contributed by atoms with Crippen LogP contribution in [0.1, 0.15) is 38.7 Å². The molecule has 2 unspecified atom stereocenters. The number of rotatable bonds is 5. The second-order valence-corrected chi connectivity index (χ2v) is 6.75. The van der Waals surface area contributed by atoms with E-state index in [-0.39, 0.29) is 0 Å². The molecule has 2 fully saturated rings. The van der Waals surface area contributed by atoms with Gasteiger partial charge in [-0.1, -0.05) is 37.3 Å². The Labute approximate surface area is 117 Å². The topological polar surface area (TPSA) is 15.3 Å². The predicted molar refractivity (Wildman–Crippen MR) is 80.1 cm³/mol. The average molecular weight is 258 g/mol. The van der Waals surface area contributed by atoms with E-state index in [1.165, 1.54) is 37.9 Å². The number of benzene rings is 1. The SMILES string of the molecule is CC(NC1CCN(Cc2ccccc2)C1)C1(C)CC1. The number of likely N-dealkylation sites (tertiary alicyclic amines) is 1. The van der Waals surface area contributed by atoms with Gasteiger partial charge >= 0.3 is 0 Å². The molecule has 1 aromatic carbocycles. The van der Waals surface area contributed by atoms with E-state index in [9.17, 15) is 0 Å². The number of nitrogens with zero attached hydrogens (tertiary/aromatic N) is 1. The summed E-state index contributed by atoms with van der Waals surface area (Å²) < 4.78 is 0. The van der Waals surface area contributed by atoms with E-state index in [1.807, 2.05) is 0 Å². The first kappa shape index (κ1) is 13.1. The van der Waals surface area contributed by atoms with Crippen LogP contribution in [0.5, 0.6) is 0 Å². The van der Waals surface area contributed by atoms with Crippen molar-refractivity contribution >= 4 is 0 Å². The van der Waals surface area contributed by atoms with Crippen LogP contribution in [0.3, 0.4) is 0 Å². The van der Waals surface area contributed by atoms with Gasteiger partial charge in [0.1, 0.15) is 0 Å². The third-order valence-corrected chi connectivity index (χ3v) is 5.09. The molecule has 0 amide bonds. The zero-order chi connectivity index (χ0) is 13.3. The van der Waals surface area contributed by atoms with Crippen molar-refractivity contribution in [1.82, 2.24) is 10.2 Å². The van der Waals surface area contributed by atoms with Crippen molar-refractivity contribution in [3.05, 3.63) is 35.9 Å². The molecule has 19 heavy (non-hydrogen) atoms. The molecule has 2 nitrogen and oxygen atoms in total. The Balaban J connectivity index is 1.47. The number of hydrogen-bond acceptors (Lipinski definition) is 2. The molecule has 0 spiro atoms. The van der Waals surface area contributed by atoms with Crippen LogP contribution in [-0.2, 0) is 6.54 Å². The lowest BCUT2D eigenvalue weighted by Gasteiger charge is -2.25. The highest BCUT2D eigenvalue weighted by Gasteiger charge is 2.43. The van der Waals surface area contributed by atoms with Crippen LogP contribution in [0, 0.1) is 5.41 Å². The van der Waals surface area contributed by atoms with Gasteiger partial charge in [-0.05, 0) is 37.2 Å².